The van der Waals surface area contributed by atoms with E-state index in [0.29, 0.717) is 0 Å². The number of nitrogens with one attached hydrogen (secondary N) is 1. The lowest BCUT2D eigenvalue weighted by Gasteiger charge is -2.21. The Morgan fingerprint density at radius 3 is 2.89 bits per heavy atom. The van der Waals surface area contributed by atoms with Gasteiger partial charge in [-0.1, -0.05) is 45.6 Å². The fourth-order valence-corrected chi connectivity index (χ4v) is 3.09. The molecule has 98 valence electrons. The molecule has 2 nitrogen and oxygen atoms in total. The largest absolute Gasteiger partial charge is 0.271 e. The van der Waals surface area contributed by atoms with Crippen LogP contribution in [0.5, 0.6) is 0 Å². The Morgan fingerprint density at radius 1 is 1.28 bits per heavy atom. The van der Waals surface area contributed by atoms with Crippen molar-refractivity contribution in [1.29, 1.82) is 0 Å². The SMILES string of the molecule is NNC(C1=CCCCCC1)c1cc(Cl)ccc1Br. The molecular weight excluding hydrogens is 312 g/mol. The molecule has 1 aromatic carbocycles. The summed E-state index contributed by atoms with van der Waals surface area (Å²) in [5.74, 6) is 5.75. The highest BCUT2D eigenvalue weighted by Gasteiger charge is 2.18. The van der Waals surface area contributed by atoms with E-state index in [9.17, 15) is 0 Å². The van der Waals surface area contributed by atoms with Crippen LogP contribution in [-0.2, 0) is 0 Å². The Kier molecular flexibility index (Phi) is 5.25. The van der Waals surface area contributed by atoms with Crippen molar-refractivity contribution in [2.45, 2.75) is 38.1 Å². The monoisotopic (exact) mass is 328 g/mol. The molecule has 4 heteroatoms. The lowest BCUT2D eigenvalue weighted by molar-refractivity contribution is 0.591. The number of nitrogens with two attached hydrogens (primary N) is 1. The highest BCUT2D eigenvalue weighted by atomic mass is 79.9. The molecule has 0 aromatic heterocycles. The van der Waals surface area contributed by atoms with Crippen LogP contribution in [0.3, 0.4) is 0 Å². The molecule has 1 atom stereocenters. The van der Waals surface area contributed by atoms with Crippen molar-refractivity contribution in [3.05, 3.63) is 44.9 Å². The quantitative estimate of drug-likeness (QED) is 0.487. The minimum Gasteiger partial charge on any atom is -0.271 e. The third kappa shape index (κ3) is 3.35. The van der Waals surface area contributed by atoms with Crippen molar-refractivity contribution < 1.29 is 0 Å². The zero-order valence-corrected chi connectivity index (χ0v) is 12.6. The van der Waals surface area contributed by atoms with Gasteiger partial charge in [-0.2, -0.15) is 0 Å². The van der Waals surface area contributed by atoms with Gasteiger partial charge in [-0.3, -0.25) is 5.84 Å². The molecule has 3 N–H and O–H groups in total. The normalized spacial score (nSPS) is 18.1. The number of rotatable bonds is 3. The van der Waals surface area contributed by atoms with Gasteiger partial charge in [0.05, 0.1) is 6.04 Å². The summed E-state index contributed by atoms with van der Waals surface area (Å²) in [5, 5.41) is 0.739. The van der Waals surface area contributed by atoms with Crippen LogP contribution in [0.4, 0.5) is 0 Å². The lowest BCUT2D eigenvalue weighted by atomic mass is 9.96. The van der Waals surface area contributed by atoms with E-state index in [2.05, 4.69) is 27.4 Å². The van der Waals surface area contributed by atoms with Crippen molar-refractivity contribution in [3.63, 3.8) is 0 Å². The first-order chi connectivity index (χ1) is 8.72. The van der Waals surface area contributed by atoms with Crippen LogP contribution in [-0.4, -0.2) is 0 Å². The molecule has 1 aromatic rings. The smallest absolute Gasteiger partial charge is 0.0681 e. The maximum Gasteiger partial charge on any atom is 0.0681 e. The van der Waals surface area contributed by atoms with Crippen molar-refractivity contribution in [3.8, 4) is 0 Å². The third-order valence-corrected chi connectivity index (χ3v) is 4.34. The maximum absolute atomic E-state index is 6.08. The predicted molar refractivity (Wildman–Crippen MR) is 80.4 cm³/mol. The van der Waals surface area contributed by atoms with E-state index >= 15 is 0 Å². The average molecular weight is 330 g/mol. The van der Waals surface area contributed by atoms with Crippen molar-refractivity contribution in [1.82, 2.24) is 5.43 Å². The molecule has 0 fully saturated rings. The number of allylic oxidation sites excluding steroid dienone is 1. The van der Waals surface area contributed by atoms with E-state index in [1.165, 1.54) is 24.8 Å². The lowest BCUT2D eigenvalue weighted by Crippen LogP contribution is -2.29. The van der Waals surface area contributed by atoms with Gasteiger partial charge in [-0.25, -0.2) is 5.43 Å². The summed E-state index contributed by atoms with van der Waals surface area (Å²) in [7, 11) is 0. The van der Waals surface area contributed by atoms with Gasteiger partial charge in [-0.15, -0.1) is 0 Å². The van der Waals surface area contributed by atoms with E-state index in [0.717, 1.165) is 27.9 Å². The summed E-state index contributed by atoms with van der Waals surface area (Å²) in [5.41, 5.74) is 5.41. The Labute approximate surface area is 122 Å². The van der Waals surface area contributed by atoms with E-state index in [1.807, 2.05) is 18.2 Å². The Balaban J connectivity index is 2.32. The summed E-state index contributed by atoms with van der Waals surface area (Å²) < 4.78 is 1.04. The second-order valence-electron chi connectivity index (χ2n) is 4.64. The van der Waals surface area contributed by atoms with Crippen LogP contribution < -0.4 is 11.3 Å². The second kappa shape index (κ2) is 6.71. The van der Waals surface area contributed by atoms with Gasteiger partial charge >= 0.3 is 0 Å². The summed E-state index contributed by atoms with van der Waals surface area (Å²) >= 11 is 9.66. The Hall–Kier alpha value is -0.350. The van der Waals surface area contributed by atoms with Gasteiger partial charge in [-0.05, 0) is 49.4 Å². The Morgan fingerprint density at radius 2 is 2.11 bits per heavy atom. The number of hydrogen-bond donors (Lipinski definition) is 2. The van der Waals surface area contributed by atoms with Gasteiger partial charge in [0, 0.05) is 9.50 Å². The minimum atomic E-state index is 0.0520. The first-order valence-corrected chi connectivity index (χ1v) is 7.49. The molecular formula is C14H18BrClN2. The van der Waals surface area contributed by atoms with Crippen LogP contribution in [0.25, 0.3) is 0 Å². The summed E-state index contributed by atoms with van der Waals surface area (Å²) in [6, 6.07) is 5.88. The van der Waals surface area contributed by atoms with Crippen LogP contribution in [0.15, 0.2) is 34.3 Å². The molecule has 0 aliphatic heterocycles. The van der Waals surface area contributed by atoms with Crippen molar-refractivity contribution in [2.24, 2.45) is 5.84 Å². The van der Waals surface area contributed by atoms with Crippen LogP contribution >= 0.6 is 27.5 Å². The fraction of sp³-hybridized carbons (Fsp3) is 0.429. The summed E-state index contributed by atoms with van der Waals surface area (Å²) in [6.07, 6.45) is 8.39. The molecule has 0 spiro atoms. The zero-order valence-electron chi connectivity index (χ0n) is 10.3. The van der Waals surface area contributed by atoms with E-state index in [1.54, 1.807) is 0 Å². The highest BCUT2D eigenvalue weighted by Crippen LogP contribution is 2.34. The molecule has 1 unspecified atom stereocenters. The molecule has 0 saturated carbocycles. The van der Waals surface area contributed by atoms with Crippen molar-refractivity contribution >= 4 is 27.5 Å². The fourth-order valence-electron chi connectivity index (χ4n) is 2.43. The highest BCUT2D eigenvalue weighted by molar-refractivity contribution is 9.10. The van der Waals surface area contributed by atoms with Crippen LogP contribution in [0.1, 0.15) is 43.7 Å². The average Bonchev–Trinajstić information content (AvgIpc) is 2.64. The summed E-state index contributed by atoms with van der Waals surface area (Å²) in [6.45, 7) is 0. The van der Waals surface area contributed by atoms with E-state index in [4.69, 9.17) is 17.4 Å². The number of halogens is 2. The molecule has 0 radical (unpaired) electrons. The zero-order chi connectivity index (χ0) is 13.0. The molecule has 0 bridgehead atoms. The third-order valence-electron chi connectivity index (χ3n) is 3.38. The summed E-state index contributed by atoms with van der Waals surface area (Å²) in [4.78, 5) is 0. The number of hydrogen-bond acceptors (Lipinski definition) is 2. The van der Waals surface area contributed by atoms with Gasteiger partial charge in [0.15, 0.2) is 0 Å². The number of hydrazine groups is 1. The first kappa shape index (κ1) is 14.1. The predicted octanol–water partition coefficient (Wildman–Crippen LogP) is 4.50. The molecule has 0 heterocycles. The van der Waals surface area contributed by atoms with Gasteiger partial charge < -0.3 is 0 Å². The van der Waals surface area contributed by atoms with Gasteiger partial charge in [0.2, 0.25) is 0 Å². The van der Waals surface area contributed by atoms with E-state index < -0.39 is 0 Å². The molecule has 0 saturated heterocycles. The molecule has 2 rings (SSSR count). The minimum absolute atomic E-state index is 0.0520. The second-order valence-corrected chi connectivity index (χ2v) is 5.93. The molecule has 1 aliphatic carbocycles. The Bertz CT molecular complexity index is 445. The van der Waals surface area contributed by atoms with Crippen LogP contribution in [0.2, 0.25) is 5.02 Å². The van der Waals surface area contributed by atoms with Crippen molar-refractivity contribution in [2.75, 3.05) is 0 Å². The number of benzene rings is 1. The topological polar surface area (TPSA) is 38.0 Å². The first-order valence-electron chi connectivity index (χ1n) is 6.32. The van der Waals surface area contributed by atoms with Gasteiger partial charge in [0.25, 0.3) is 0 Å². The molecule has 1 aliphatic rings. The van der Waals surface area contributed by atoms with E-state index in [-0.39, 0.29) is 6.04 Å². The molecule has 18 heavy (non-hydrogen) atoms. The van der Waals surface area contributed by atoms with Gasteiger partial charge in [0.1, 0.15) is 0 Å². The molecule has 0 amide bonds. The standard InChI is InChI=1S/C14H18BrClN2/c15-13-8-7-11(16)9-12(13)14(18-17)10-5-3-1-2-4-6-10/h5,7-9,14,18H,1-4,6,17H2. The van der Waals surface area contributed by atoms with Crippen LogP contribution in [0, 0.1) is 0 Å². The maximum atomic E-state index is 6.08.